The fraction of sp³-hybridized carbons (Fsp3) is 0.200. The van der Waals surface area contributed by atoms with Gasteiger partial charge >= 0.3 is 0 Å². The molecule has 3 rings (SSSR count). The van der Waals surface area contributed by atoms with Crippen LogP contribution in [0.5, 0.6) is 11.5 Å². The number of amides is 1. The Morgan fingerprint density at radius 3 is 2.77 bits per heavy atom. The summed E-state index contributed by atoms with van der Waals surface area (Å²) in [4.78, 5) is 15.1. The highest BCUT2D eigenvalue weighted by Crippen LogP contribution is 2.38. The number of anilines is 1. The molecule has 0 aliphatic carbocycles. The second-order valence-corrected chi connectivity index (χ2v) is 7.57. The van der Waals surface area contributed by atoms with Crippen molar-refractivity contribution < 1.29 is 14.6 Å². The van der Waals surface area contributed by atoms with Crippen LogP contribution in [0, 0.1) is 13.8 Å². The lowest BCUT2D eigenvalue weighted by molar-refractivity contribution is -0.113. The van der Waals surface area contributed by atoms with Crippen LogP contribution >= 0.6 is 24.0 Å². The molecule has 2 aromatic rings. The summed E-state index contributed by atoms with van der Waals surface area (Å²) in [5.41, 5.74) is 3.73. The number of thioether (sulfide) groups is 1. The quantitative estimate of drug-likeness (QED) is 0.604. The van der Waals surface area contributed by atoms with Gasteiger partial charge in [-0.3, -0.25) is 9.69 Å². The summed E-state index contributed by atoms with van der Waals surface area (Å²) in [6.45, 7) is 6.30. The minimum Gasteiger partial charge on any atom is -0.504 e. The molecule has 6 heteroatoms. The Labute approximate surface area is 162 Å². The van der Waals surface area contributed by atoms with E-state index in [4.69, 9.17) is 17.0 Å². The third-order valence-corrected chi connectivity index (χ3v) is 5.49. The summed E-state index contributed by atoms with van der Waals surface area (Å²) in [5.74, 6) is 0.331. The van der Waals surface area contributed by atoms with Crippen LogP contribution in [0.15, 0.2) is 41.3 Å². The van der Waals surface area contributed by atoms with Gasteiger partial charge in [0.25, 0.3) is 5.91 Å². The number of carbonyl (C=O) groups is 1. The lowest BCUT2D eigenvalue weighted by Crippen LogP contribution is -2.28. The molecule has 1 N–H and O–H groups in total. The molecule has 0 radical (unpaired) electrons. The van der Waals surface area contributed by atoms with E-state index in [9.17, 15) is 9.90 Å². The number of thiocarbonyl (C=S) groups is 1. The van der Waals surface area contributed by atoms with Crippen LogP contribution in [0.1, 0.15) is 23.6 Å². The highest BCUT2D eigenvalue weighted by molar-refractivity contribution is 8.27. The molecule has 2 aromatic carbocycles. The zero-order valence-electron chi connectivity index (χ0n) is 14.8. The number of ether oxygens (including phenoxy) is 1. The van der Waals surface area contributed by atoms with Crippen molar-refractivity contribution in [1.82, 2.24) is 0 Å². The van der Waals surface area contributed by atoms with Gasteiger partial charge in [-0.1, -0.05) is 42.2 Å². The second-order valence-electron chi connectivity index (χ2n) is 5.90. The standard InChI is InChI=1S/C20H19NO3S2/c1-4-24-17-10-14(8-9-16(17)22)11-18-19(23)21(20(25)26-18)15-7-5-6-12(2)13(15)3/h5-11,22H,4H2,1-3H3. The summed E-state index contributed by atoms with van der Waals surface area (Å²) < 4.78 is 5.91. The van der Waals surface area contributed by atoms with Gasteiger partial charge in [-0.15, -0.1) is 0 Å². The Balaban J connectivity index is 1.95. The van der Waals surface area contributed by atoms with Crippen LogP contribution in [0.25, 0.3) is 6.08 Å². The first-order valence-corrected chi connectivity index (χ1v) is 9.44. The van der Waals surface area contributed by atoms with Crippen LogP contribution in [-0.2, 0) is 4.79 Å². The van der Waals surface area contributed by atoms with Gasteiger partial charge in [-0.25, -0.2) is 0 Å². The molecule has 1 aliphatic rings. The lowest BCUT2D eigenvalue weighted by Gasteiger charge is -2.18. The molecule has 1 amide bonds. The molecule has 0 atom stereocenters. The van der Waals surface area contributed by atoms with Gasteiger partial charge in [0, 0.05) is 0 Å². The van der Waals surface area contributed by atoms with E-state index < -0.39 is 0 Å². The van der Waals surface area contributed by atoms with Gasteiger partial charge in [-0.2, -0.15) is 0 Å². The highest BCUT2D eigenvalue weighted by atomic mass is 32.2. The smallest absolute Gasteiger partial charge is 0.270 e. The Morgan fingerprint density at radius 2 is 2.04 bits per heavy atom. The Bertz CT molecular complexity index is 921. The molecule has 0 bridgehead atoms. The van der Waals surface area contributed by atoms with Crippen molar-refractivity contribution in [2.45, 2.75) is 20.8 Å². The number of phenols is 1. The molecule has 26 heavy (non-hydrogen) atoms. The lowest BCUT2D eigenvalue weighted by atomic mass is 10.1. The van der Waals surface area contributed by atoms with Crippen LogP contribution in [-0.4, -0.2) is 21.9 Å². The molecular weight excluding hydrogens is 366 g/mol. The molecule has 0 unspecified atom stereocenters. The maximum Gasteiger partial charge on any atom is 0.270 e. The molecule has 0 aromatic heterocycles. The second kappa shape index (κ2) is 7.51. The molecular formula is C20H19NO3S2. The predicted octanol–water partition coefficient (Wildman–Crippen LogP) is 4.81. The van der Waals surface area contributed by atoms with Crippen molar-refractivity contribution in [2.75, 3.05) is 11.5 Å². The molecule has 4 nitrogen and oxygen atoms in total. The Morgan fingerprint density at radius 1 is 1.27 bits per heavy atom. The number of benzene rings is 2. The van der Waals surface area contributed by atoms with Crippen LogP contribution in [0.3, 0.4) is 0 Å². The SMILES string of the molecule is CCOc1cc(C=C2SC(=S)N(c3cccc(C)c3C)C2=O)ccc1O. The number of phenolic OH excluding ortho intramolecular Hbond substituents is 1. The maximum absolute atomic E-state index is 12.9. The van der Waals surface area contributed by atoms with Crippen LogP contribution in [0.4, 0.5) is 5.69 Å². The van der Waals surface area contributed by atoms with E-state index >= 15 is 0 Å². The van der Waals surface area contributed by atoms with Gasteiger partial charge in [0.2, 0.25) is 0 Å². The molecule has 0 spiro atoms. The van der Waals surface area contributed by atoms with Gasteiger partial charge in [0.1, 0.15) is 0 Å². The Kier molecular flexibility index (Phi) is 5.34. The van der Waals surface area contributed by atoms with Crippen molar-refractivity contribution in [3.8, 4) is 11.5 Å². The average Bonchev–Trinajstić information content (AvgIpc) is 2.87. The van der Waals surface area contributed by atoms with E-state index in [1.807, 2.05) is 39.0 Å². The number of carbonyl (C=O) groups excluding carboxylic acids is 1. The van der Waals surface area contributed by atoms with Gasteiger partial charge in [0.05, 0.1) is 17.2 Å². The summed E-state index contributed by atoms with van der Waals surface area (Å²) >= 11 is 6.72. The largest absolute Gasteiger partial charge is 0.504 e. The number of hydrogen-bond acceptors (Lipinski definition) is 5. The third-order valence-electron chi connectivity index (χ3n) is 4.19. The third kappa shape index (κ3) is 3.48. The minimum atomic E-state index is -0.139. The van der Waals surface area contributed by atoms with E-state index in [0.717, 1.165) is 22.4 Å². The number of aromatic hydroxyl groups is 1. The normalized spacial score (nSPS) is 15.8. The number of nitrogens with zero attached hydrogens (tertiary/aromatic N) is 1. The van der Waals surface area contributed by atoms with Crippen molar-refractivity contribution in [3.63, 3.8) is 0 Å². The highest BCUT2D eigenvalue weighted by Gasteiger charge is 2.34. The monoisotopic (exact) mass is 385 g/mol. The minimum absolute atomic E-state index is 0.0759. The summed E-state index contributed by atoms with van der Waals surface area (Å²) in [7, 11) is 0. The topological polar surface area (TPSA) is 49.8 Å². The number of rotatable bonds is 4. The fourth-order valence-corrected chi connectivity index (χ4v) is 3.98. The van der Waals surface area contributed by atoms with Crippen LogP contribution < -0.4 is 9.64 Å². The van der Waals surface area contributed by atoms with E-state index in [1.54, 1.807) is 29.2 Å². The van der Waals surface area contributed by atoms with E-state index in [1.165, 1.54) is 11.8 Å². The van der Waals surface area contributed by atoms with Gasteiger partial charge in [0.15, 0.2) is 15.8 Å². The first kappa shape index (κ1) is 18.5. The van der Waals surface area contributed by atoms with Gasteiger partial charge in [-0.05, 0) is 61.7 Å². The maximum atomic E-state index is 12.9. The predicted molar refractivity (Wildman–Crippen MR) is 111 cm³/mol. The van der Waals surface area contributed by atoms with Crippen molar-refractivity contribution in [1.29, 1.82) is 0 Å². The first-order chi connectivity index (χ1) is 12.4. The molecule has 1 aliphatic heterocycles. The van der Waals surface area contributed by atoms with E-state index in [2.05, 4.69) is 0 Å². The first-order valence-electron chi connectivity index (χ1n) is 8.22. The molecule has 134 valence electrons. The molecule has 1 saturated heterocycles. The fourth-order valence-electron chi connectivity index (χ4n) is 2.70. The number of aryl methyl sites for hydroxylation is 1. The van der Waals surface area contributed by atoms with Crippen LogP contribution in [0.2, 0.25) is 0 Å². The van der Waals surface area contributed by atoms with Crippen molar-refractivity contribution >= 4 is 46.0 Å². The zero-order chi connectivity index (χ0) is 18.8. The van der Waals surface area contributed by atoms with E-state index in [-0.39, 0.29) is 11.7 Å². The molecule has 1 fully saturated rings. The summed E-state index contributed by atoms with van der Waals surface area (Å²) in [5, 5.41) is 9.82. The Hall–Kier alpha value is -2.31. The summed E-state index contributed by atoms with van der Waals surface area (Å²) in [6.07, 6.45) is 1.77. The van der Waals surface area contributed by atoms with E-state index in [0.29, 0.717) is 21.6 Å². The summed E-state index contributed by atoms with van der Waals surface area (Å²) in [6, 6.07) is 10.9. The number of hydrogen-bond donors (Lipinski definition) is 1. The van der Waals surface area contributed by atoms with Crippen molar-refractivity contribution in [3.05, 3.63) is 58.0 Å². The molecule has 0 saturated carbocycles. The zero-order valence-corrected chi connectivity index (χ0v) is 16.4. The average molecular weight is 386 g/mol. The molecule has 1 heterocycles. The van der Waals surface area contributed by atoms with Crippen molar-refractivity contribution in [2.24, 2.45) is 0 Å². The van der Waals surface area contributed by atoms with Gasteiger partial charge < -0.3 is 9.84 Å².